The first-order valence-corrected chi connectivity index (χ1v) is 6.41. The molecule has 0 unspecified atom stereocenters. The Bertz CT molecular complexity index is 538. The van der Waals surface area contributed by atoms with Gasteiger partial charge >= 0.3 is 0 Å². The first-order chi connectivity index (χ1) is 9.19. The van der Waals surface area contributed by atoms with E-state index in [0.29, 0.717) is 5.69 Å². The Morgan fingerprint density at radius 2 is 2.00 bits per heavy atom. The second-order valence-electron chi connectivity index (χ2n) is 4.42. The minimum Gasteiger partial charge on any atom is -0.494 e. The van der Waals surface area contributed by atoms with Crippen molar-refractivity contribution in [3.8, 4) is 5.75 Å². The number of rotatable bonds is 5. The van der Waals surface area contributed by atoms with Crippen molar-refractivity contribution < 1.29 is 4.74 Å². The van der Waals surface area contributed by atoms with Crippen molar-refractivity contribution in [2.75, 3.05) is 17.7 Å². The molecular formula is C15H19N3O. The van der Waals surface area contributed by atoms with Gasteiger partial charge in [0.1, 0.15) is 11.6 Å². The second kappa shape index (κ2) is 6.09. The summed E-state index contributed by atoms with van der Waals surface area (Å²) < 4.78 is 5.54. The van der Waals surface area contributed by atoms with Crippen molar-refractivity contribution in [3.63, 3.8) is 0 Å². The molecule has 0 bridgehead atoms. The van der Waals surface area contributed by atoms with Gasteiger partial charge in [-0.25, -0.2) is 4.98 Å². The molecule has 0 aliphatic heterocycles. The van der Waals surface area contributed by atoms with Crippen LogP contribution in [0.1, 0.15) is 18.9 Å². The molecule has 19 heavy (non-hydrogen) atoms. The maximum atomic E-state index is 5.74. The summed E-state index contributed by atoms with van der Waals surface area (Å²) in [6.07, 6.45) is 2.67. The highest BCUT2D eigenvalue weighted by Crippen LogP contribution is 2.20. The van der Waals surface area contributed by atoms with Crippen LogP contribution in [0, 0.1) is 6.92 Å². The summed E-state index contributed by atoms with van der Waals surface area (Å²) in [7, 11) is 0. The molecular weight excluding hydrogens is 238 g/mol. The Hall–Kier alpha value is -2.23. The van der Waals surface area contributed by atoms with Crippen LogP contribution >= 0.6 is 0 Å². The molecule has 1 aromatic carbocycles. The number of ether oxygens (including phenoxy) is 1. The third-order valence-corrected chi connectivity index (χ3v) is 2.75. The fourth-order valence-corrected chi connectivity index (χ4v) is 1.64. The van der Waals surface area contributed by atoms with Crippen LogP contribution in [-0.2, 0) is 0 Å². The monoisotopic (exact) mass is 257 g/mol. The second-order valence-corrected chi connectivity index (χ2v) is 4.42. The van der Waals surface area contributed by atoms with Crippen molar-refractivity contribution >= 4 is 17.2 Å². The van der Waals surface area contributed by atoms with Crippen LogP contribution in [0.25, 0.3) is 0 Å². The molecule has 0 saturated heterocycles. The lowest BCUT2D eigenvalue weighted by atomic mass is 10.2. The fraction of sp³-hybridized carbons (Fsp3) is 0.267. The fourth-order valence-electron chi connectivity index (χ4n) is 1.64. The van der Waals surface area contributed by atoms with Gasteiger partial charge in [0.2, 0.25) is 0 Å². The molecule has 1 aromatic heterocycles. The Morgan fingerprint density at radius 3 is 2.63 bits per heavy atom. The van der Waals surface area contributed by atoms with Crippen LogP contribution < -0.4 is 15.8 Å². The number of aryl methyl sites for hydroxylation is 1. The number of aromatic nitrogens is 1. The third kappa shape index (κ3) is 3.61. The summed E-state index contributed by atoms with van der Waals surface area (Å²) >= 11 is 0. The Kier molecular flexibility index (Phi) is 4.23. The van der Waals surface area contributed by atoms with E-state index in [-0.39, 0.29) is 0 Å². The van der Waals surface area contributed by atoms with Crippen LogP contribution in [0.15, 0.2) is 36.5 Å². The highest BCUT2D eigenvalue weighted by atomic mass is 16.5. The number of nitrogens with one attached hydrogen (secondary N) is 1. The van der Waals surface area contributed by atoms with Gasteiger partial charge in [0.05, 0.1) is 18.5 Å². The zero-order chi connectivity index (χ0) is 13.7. The van der Waals surface area contributed by atoms with Crippen molar-refractivity contribution in [3.05, 3.63) is 42.1 Å². The lowest BCUT2D eigenvalue weighted by Crippen LogP contribution is -1.98. The van der Waals surface area contributed by atoms with Crippen molar-refractivity contribution in [2.24, 2.45) is 0 Å². The van der Waals surface area contributed by atoms with E-state index in [1.54, 1.807) is 6.20 Å². The third-order valence-electron chi connectivity index (χ3n) is 2.75. The maximum absolute atomic E-state index is 5.74. The van der Waals surface area contributed by atoms with E-state index < -0.39 is 0 Å². The quantitative estimate of drug-likeness (QED) is 0.860. The smallest absolute Gasteiger partial charge is 0.130 e. The predicted molar refractivity (Wildman–Crippen MR) is 78.9 cm³/mol. The average molecular weight is 257 g/mol. The molecule has 3 N–H and O–H groups in total. The molecule has 1 heterocycles. The molecule has 0 spiro atoms. The van der Waals surface area contributed by atoms with Crippen LogP contribution in [0.5, 0.6) is 5.75 Å². The summed E-state index contributed by atoms with van der Waals surface area (Å²) in [6, 6.07) is 9.76. The van der Waals surface area contributed by atoms with Gasteiger partial charge in [0.15, 0.2) is 0 Å². The van der Waals surface area contributed by atoms with Gasteiger partial charge in [-0.2, -0.15) is 0 Å². The lowest BCUT2D eigenvalue weighted by Gasteiger charge is -2.09. The van der Waals surface area contributed by atoms with E-state index in [2.05, 4.69) is 17.2 Å². The molecule has 2 rings (SSSR count). The number of anilines is 3. The SMILES string of the molecule is CCCOc1ccc(Nc2cc(C)c(N)cn2)cc1. The highest BCUT2D eigenvalue weighted by Gasteiger charge is 2.00. The molecule has 0 atom stereocenters. The lowest BCUT2D eigenvalue weighted by molar-refractivity contribution is 0.317. The maximum Gasteiger partial charge on any atom is 0.130 e. The molecule has 0 fully saturated rings. The summed E-state index contributed by atoms with van der Waals surface area (Å²) in [6.45, 7) is 4.79. The van der Waals surface area contributed by atoms with Crippen LogP contribution in [0.3, 0.4) is 0 Å². The number of pyridine rings is 1. The topological polar surface area (TPSA) is 60.2 Å². The van der Waals surface area contributed by atoms with Gasteiger partial charge in [-0.05, 0) is 49.2 Å². The average Bonchev–Trinajstić information content (AvgIpc) is 2.42. The normalized spacial score (nSPS) is 10.2. The van der Waals surface area contributed by atoms with Gasteiger partial charge in [0, 0.05) is 5.69 Å². The number of nitrogen functional groups attached to an aromatic ring is 1. The van der Waals surface area contributed by atoms with E-state index in [9.17, 15) is 0 Å². The van der Waals surface area contributed by atoms with E-state index in [1.807, 2.05) is 37.3 Å². The number of hydrogen-bond acceptors (Lipinski definition) is 4. The number of nitrogens with zero attached hydrogens (tertiary/aromatic N) is 1. The molecule has 4 heteroatoms. The largest absolute Gasteiger partial charge is 0.494 e. The van der Waals surface area contributed by atoms with E-state index in [1.165, 1.54) is 0 Å². The predicted octanol–water partition coefficient (Wildman–Crippen LogP) is 3.50. The van der Waals surface area contributed by atoms with Crippen molar-refractivity contribution in [1.82, 2.24) is 4.98 Å². The Morgan fingerprint density at radius 1 is 1.26 bits per heavy atom. The number of nitrogens with two attached hydrogens (primary N) is 1. The standard InChI is InChI=1S/C15H19N3O/c1-3-8-19-13-6-4-12(5-7-13)18-15-9-11(2)14(16)10-17-15/h4-7,9-10H,3,8,16H2,1-2H3,(H,17,18). The van der Waals surface area contributed by atoms with Gasteiger partial charge in [-0.1, -0.05) is 6.92 Å². The van der Waals surface area contributed by atoms with Gasteiger partial charge in [-0.3, -0.25) is 0 Å². The highest BCUT2D eigenvalue weighted by molar-refractivity contribution is 5.60. The zero-order valence-electron chi connectivity index (χ0n) is 11.3. The molecule has 2 aromatic rings. The Labute approximate surface area is 113 Å². The molecule has 0 aliphatic rings. The summed E-state index contributed by atoms with van der Waals surface area (Å²) in [4.78, 5) is 4.24. The van der Waals surface area contributed by atoms with E-state index >= 15 is 0 Å². The zero-order valence-corrected chi connectivity index (χ0v) is 11.3. The van der Waals surface area contributed by atoms with Gasteiger partial charge in [-0.15, -0.1) is 0 Å². The molecule has 0 saturated carbocycles. The molecule has 0 radical (unpaired) electrons. The summed E-state index contributed by atoms with van der Waals surface area (Å²) in [5.74, 6) is 1.67. The number of benzene rings is 1. The van der Waals surface area contributed by atoms with Crippen molar-refractivity contribution in [2.45, 2.75) is 20.3 Å². The van der Waals surface area contributed by atoms with E-state index in [4.69, 9.17) is 10.5 Å². The molecule has 0 amide bonds. The molecule has 4 nitrogen and oxygen atoms in total. The molecule has 100 valence electrons. The van der Waals surface area contributed by atoms with Gasteiger partial charge < -0.3 is 15.8 Å². The van der Waals surface area contributed by atoms with Crippen molar-refractivity contribution in [1.29, 1.82) is 0 Å². The van der Waals surface area contributed by atoms with Crippen LogP contribution in [-0.4, -0.2) is 11.6 Å². The molecule has 0 aliphatic carbocycles. The van der Waals surface area contributed by atoms with E-state index in [0.717, 1.165) is 35.8 Å². The first-order valence-electron chi connectivity index (χ1n) is 6.41. The summed E-state index contributed by atoms with van der Waals surface area (Å²) in [5.41, 5.74) is 8.43. The minimum atomic E-state index is 0.703. The Balaban J connectivity index is 2.04. The van der Waals surface area contributed by atoms with Crippen LogP contribution in [0.2, 0.25) is 0 Å². The first kappa shape index (κ1) is 13.2. The number of hydrogen-bond donors (Lipinski definition) is 2. The van der Waals surface area contributed by atoms with Gasteiger partial charge in [0.25, 0.3) is 0 Å². The summed E-state index contributed by atoms with van der Waals surface area (Å²) in [5, 5.41) is 3.23. The minimum absolute atomic E-state index is 0.703. The van der Waals surface area contributed by atoms with Crippen LogP contribution in [0.4, 0.5) is 17.2 Å².